The molecule has 4 N–H and O–H groups in total. The molecule has 2 aromatic rings. The van der Waals surface area contributed by atoms with Gasteiger partial charge >= 0.3 is 0 Å². The maximum atomic E-state index is 10.5. The van der Waals surface area contributed by atoms with Crippen molar-refractivity contribution in [2.24, 2.45) is 0 Å². The van der Waals surface area contributed by atoms with Crippen LogP contribution in [0.25, 0.3) is 0 Å². The molecule has 2 unspecified atom stereocenters. The Hall–Kier alpha value is -2.34. The Labute approximate surface area is 129 Å². The third-order valence-corrected chi connectivity index (χ3v) is 3.73. The molecule has 118 valence electrons. The van der Waals surface area contributed by atoms with Crippen molar-refractivity contribution in [1.29, 1.82) is 0 Å². The molecule has 1 aromatic carbocycles. The van der Waals surface area contributed by atoms with Crippen LogP contribution in [0.1, 0.15) is 31.4 Å². The van der Waals surface area contributed by atoms with E-state index in [1.165, 1.54) is 11.8 Å². The number of nitrogens with zero attached hydrogens (tertiary/aromatic N) is 2. The fourth-order valence-corrected chi connectivity index (χ4v) is 2.54. The Morgan fingerprint density at radius 3 is 2.77 bits per heavy atom. The molecule has 2 rings (SSSR count). The predicted molar refractivity (Wildman–Crippen MR) is 86.4 cm³/mol. The van der Waals surface area contributed by atoms with Crippen LogP contribution >= 0.6 is 0 Å². The van der Waals surface area contributed by atoms with Crippen molar-refractivity contribution in [2.75, 3.05) is 11.1 Å². The van der Waals surface area contributed by atoms with Crippen molar-refractivity contribution in [3.8, 4) is 0 Å². The van der Waals surface area contributed by atoms with E-state index in [4.69, 9.17) is 5.73 Å². The summed E-state index contributed by atoms with van der Waals surface area (Å²) in [6.45, 7) is 1.72. The molecule has 1 aromatic heterocycles. The van der Waals surface area contributed by atoms with Gasteiger partial charge in [-0.2, -0.15) is 5.10 Å². The molecule has 0 saturated heterocycles. The Morgan fingerprint density at radius 2 is 2.14 bits per heavy atom. The van der Waals surface area contributed by atoms with Gasteiger partial charge in [0.15, 0.2) is 0 Å². The number of nitrogen functional groups attached to an aromatic ring is 1. The number of aryl methyl sites for hydroxylation is 1. The summed E-state index contributed by atoms with van der Waals surface area (Å²) in [5.74, 6) is 0.359. The quantitative estimate of drug-likeness (QED) is 0.650. The number of amides is 1. The number of hydrogen-bond donors (Lipinski definition) is 3. The summed E-state index contributed by atoms with van der Waals surface area (Å²) in [7, 11) is 0. The number of benzene rings is 1. The highest BCUT2D eigenvalue weighted by Crippen LogP contribution is 2.26. The highest BCUT2D eigenvalue weighted by molar-refractivity contribution is 5.77. The molecule has 0 radical (unpaired) electrons. The van der Waals surface area contributed by atoms with Crippen LogP contribution in [0.15, 0.2) is 36.5 Å². The van der Waals surface area contributed by atoms with Gasteiger partial charge < -0.3 is 16.2 Å². The van der Waals surface area contributed by atoms with E-state index in [-0.39, 0.29) is 6.04 Å². The second kappa shape index (κ2) is 7.61. The van der Waals surface area contributed by atoms with Gasteiger partial charge in [0.2, 0.25) is 6.41 Å². The van der Waals surface area contributed by atoms with E-state index in [0.717, 1.165) is 19.3 Å². The molecule has 0 aliphatic heterocycles. The van der Waals surface area contributed by atoms with Crippen molar-refractivity contribution in [3.63, 3.8) is 0 Å². The van der Waals surface area contributed by atoms with Crippen LogP contribution in [0.3, 0.4) is 0 Å². The summed E-state index contributed by atoms with van der Waals surface area (Å²) < 4.78 is 1.58. The van der Waals surface area contributed by atoms with Crippen LogP contribution in [-0.4, -0.2) is 27.4 Å². The predicted octanol–water partition coefficient (Wildman–Crippen LogP) is 1.98. The lowest BCUT2D eigenvalue weighted by Gasteiger charge is -2.21. The van der Waals surface area contributed by atoms with Crippen LogP contribution in [0.4, 0.5) is 11.5 Å². The minimum Gasteiger partial charge on any atom is -0.391 e. The largest absolute Gasteiger partial charge is 0.391 e. The van der Waals surface area contributed by atoms with Crippen molar-refractivity contribution < 1.29 is 9.90 Å². The van der Waals surface area contributed by atoms with Crippen LogP contribution in [0.5, 0.6) is 0 Å². The third-order valence-electron chi connectivity index (χ3n) is 3.73. The van der Waals surface area contributed by atoms with E-state index >= 15 is 0 Å². The number of aliphatic hydroxyl groups excluding tert-OH is 1. The molecule has 2 atom stereocenters. The maximum Gasteiger partial charge on any atom is 0.211 e. The van der Waals surface area contributed by atoms with Crippen molar-refractivity contribution >= 4 is 17.9 Å². The Kier molecular flexibility index (Phi) is 5.55. The lowest BCUT2D eigenvalue weighted by atomic mass is 10.0. The van der Waals surface area contributed by atoms with Crippen LogP contribution < -0.4 is 11.1 Å². The number of aliphatic hydroxyl groups is 1. The fourth-order valence-electron chi connectivity index (χ4n) is 2.54. The standard InChI is InChI=1S/C16H22N4O2/c1-12(22)15(9-5-8-13-6-3-2-4-7-13)20-16(17)14(10-19-20)18-11-21/h2-4,6-7,10-12,15,22H,5,8-9,17H2,1H3,(H,18,21). The monoisotopic (exact) mass is 302 g/mol. The number of nitrogens with one attached hydrogen (secondary N) is 1. The molecular formula is C16H22N4O2. The van der Waals surface area contributed by atoms with Crippen LogP contribution in [-0.2, 0) is 11.2 Å². The van der Waals surface area contributed by atoms with Gasteiger partial charge in [0, 0.05) is 0 Å². The van der Waals surface area contributed by atoms with Gasteiger partial charge in [-0.1, -0.05) is 30.3 Å². The van der Waals surface area contributed by atoms with E-state index in [9.17, 15) is 9.90 Å². The smallest absolute Gasteiger partial charge is 0.211 e. The van der Waals surface area contributed by atoms with Gasteiger partial charge in [0.1, 0.15) is 11.5 Å². The Bertz CT molecular complexity index is 595. The second-order valence-corrected chi connectivity index (χ2v) is 5.34. The van der Waals surface area contributed by atoms with Crippen LogP contribution in [0, 0.1) is 0 Å². The van der Waals surface area contributed by atoms with E-state index in [2.05, 4.69) is 22.5 Å². The van der Waals surface area contributed by atoms with Crippen molar-refractivity contribution in [2.45, 2.75) is 38.3 Å². The number of anilines is 2. The Balaban J connectivity index is 2.02. The summed E-state index contributed by atoms with van der Waals surface area (Å²) in [5.41, 5.74) is 7.71. The zero-order chi connectivity index (χ0) is 15.9. The van der Waals surface area contributed by atoms with Gasteiger partial charge in [-0.25, -0.2) is 4.68 Å². The fraction of sp³-hybridized carbons (Fsp3) is 0.375. The molecule has 1 heterocycles. The number of carbonyl (C=O) groups excluding carboxylic acids is 1. The van der Waals surface area contributed by atoms with Crippen LogP contribution in [0.2, 0.25) is 0 Å². The van der Waals surface area contributed by atoms with Crippen molar-refractivity contribution in [3.05, 3.63) is 42.1 Å². The average Bonchev–Trinajstić information content (AvgIpc) is 2.86. The summed E-state index contributed by atoms with van der Waals surface area (Å²) in [5, 5.41) is 16.7. The highest BCUT2D eigenvalue weighted by Gasteiger charge is 2.21. The first kappa shape index (κ1) is 16.0. The molecular weight excluding hydrogens is 280 g/mol. The summed E-state index contributed by atoms with van der Waals surface area (Å²) in [6.07, 6.45) is 4.07. The molecule has 22 heavy (non-hydrogen) atoms. The highest BCUT2D eigenvalue weighted by atomic mass is 16.3. The molecule has 0 aliphatic carbocycles. The van der Waals surface area contributed by atoms with Gasteiger partial charge in [0.05, 0.1) is 18.3 Å². The number of carbonyl (C=O) groups is 1. The number of nitrogens with two attached hydrogens (primary N) is 1. The Morgan fingerprint density at radius 1 is 1.41 bits per heavy atom. The maximum absolute atomic E-state index is 10.5. The number of rotatable bonds is 8. The average molecular weight is 302 g/mol. The van der Waals surface area contributed by atoms with Gasteiger partial charge in [-0.3, -0.25) is 4.79 Å². The first-order valence-corrected chi connectivity index (χ1v) is 7.38. The lowest BCUT2D eigenvalue weighted by Crippen LogP contribution is -2.24. The normalized spacial score (nSPS) is 13.5. The van der Waals surface area contributed by atoms with E-state index < -0.39 is 6.10 Å². The number of hydrogen-bond acceptors (Lipinski definition) is 4. The zero-order valence-electron chi connectivity index (χ0n) is 12.6. The molecule has 6 heteroatoms. The minimum absolute atomic E-state index is 0.217. The SMILES string of the molecule is CC(O)C(CCCc1ccccc1)n1ncc(NC=O)c1N. The topological polar surface area (TPSA) is 93.2 Å². The zero-order valence-corrected chi connectivity index (χ0v) is 12.6. The lowest BCUT2D eigenvalue weighted by molar-refractivity contribution is -0.105. The summed E-state index contributed by atoms with van der Waals surface area (Å²) in [4.78, 5) is 10.5. The molecule has 6 nitrogen and oxygen atoms in total. The molecule has 0 bridgehead atoms. The minimum atomic E-state index is -0.581. The summed E-state index contributed by atoms with van der Waals surface area (Å²) >= 11 is 0. The van der Waals surface area contributed by atoms with E-state index in [1.54, 1.807) is 11.6 Å². The second-order valence-electron chi connectivity index (χ2n) is 5.34. The van der Waals surface area contributed by atoms with Gasteiger partial charge in [0.25, 0.3) is 0 Å². The third kappa shape index (κ3) is 3.85. The van der Waals surface area contributed by atoms with Gasteiger partial charge in [-0.05, 0) is 31.7 Å². The first-order chi connectivity index (χ1) is 10.6. The molecule has 1 amide bonds. The molecule has 0 saturated carbocycles. The van der Waals surface area contributed by atoms with Gasteiger partial charge in [-0.15, -0.1) is 0 Å². The number of aromatic nitrogens is 2. The summed E-state index contributed by atoms with van der Waals surface area (Å²) in [6, 6.07) is 9.99. The van der Waals surface area contributed by atoms with E-state index in [1.807, 2.05) is 18.2 Å². The molecule has 0 spiro atoms. The molecule has 0 fully saturated rings. The molecule has 0 aliphatic rings. The first-order valence-electron chi connectivity index (χ1n) is 7.38. The van der Waals surface area contributed by atoms with E-state index in [0.29, 0.717) is 17.9 Å². The van der Waals surface area contributed by atoms with Crippen molar-refractivity contribution in [1.82, 2.24) is 9.78 Å².